The summed E-state index contributed by atoms with van der Waals surface area (Å²) >= 11 is 0. The van der Waals surface area contributed by atoms with Crippen LogP contribution in [0.15, 0.2) is 12.3 Å². The maximum Gasteiger partial charge on any atom is 0.155 e. The zero-order valence-electron chi connectivity index (χ0n) is 11.4. The Bertz CT molecular complexity index is 587. The Balaban J connectivity index is 1.93. The van der Waals surface area contributed by atoms with Crippen molar-refractivity contribution >= 4 is 5.65 Å². The van der Waals surface area contributed by atoms with Gasteiger partial charge in [-0.05, 0) is 33.1 Å². The number of nitrogens with one attached hydrogen (secondary N) is 1. The maximum absolute atomic E-state index is 4.49. The van der Waals surface area contributed by atoms with Gasteiger partial charge < -0.3 is 5.32 Å². The van der Waals surface area contributed by atoms with Gasteiger partial charge in [-0.2, -0.15) is 5.10 Å². The second kappa shape index (κ2) is 4.05. The molecule has 0 spiro atoms. The molecule has 2 aromatic rings. The SMILES string of the molecule is Cc1cc2ncc(C(C)NC3CC3C)c(C)n2n1. The van der Waals surface area contributed by atoms with E-state index in [4.69, 9.17) is 0 Å². The van der Waals surface area contributed by atoms with E-state index < -0.39 is 0 Å². The molecule has 2 aromatic heterocycles. The van der Waals surface area contributed by atoms with Gasteiger partial charge in [0, 0.05) is 35.6 Å². The molecule has 0 amide bonds. The molecule has 1 fully saturated rings. The quantitative estimate of drug-likeness (QED) is 0.901. The lowest BCUT2D eigenvalue weighted by Gasteiger charge is -2.16. The molecule has 4 heteroatoms. The van der Waals surface area contributed by atoms with Gasteiger partial charge in [-0.15, -0.1) is 0 Å². The lowest BCUT2D eigenvalue weighted by atomic mass is 10.1. The first-order valence-electron chi connectivity index (χ1n) is 6.64. The minimum Gasteiger partial charge on any atom is -0.307 e. The highest BCUT2D eigenvalue weighted by Gasteiger charge is 2.33. The minimum atomic E-state index is 0.335. The average Bonchev–Trinajstić information content (AvgIpc) is 2.85. The highest BCUT2D eigenvalue weighted by Crippen LogP contribution is 2.32. The van der Waals surface area contributed by atoms with Gasteiger partial charge in [0.15, 0.2) is 5.65 Å². The van der Waals surface area contributed by atoms with Crippen molar-refractivity contribution in [1.82, 2.24) is 19.9 Å². The summed E-state index contributed by atoms with van der Waals surface area (Å²) in [5.41, 5.74) is 4.37. The van der Waals surface area contributed by atoms with Crippen LogP contribution in [0.4, 0.5) is 0 Å². The largest absolute Gasteiger partial charge is 0.307 e. The summed E-state index contributed by atoms with van der Waals surface area (Å²) in [5, 5.41) is 8.14. The molecule has 3 unspecified atom stereocenters. The Labute approximate surface area is 107 Å². The van der Waals surface area contributed by atoms with Gasteiger partial charge in [0.25, 0.3) is 0 Å². The van der Waals surface area contributed by atoms with Gasteiger partial charge in [0.05, 0.1) is 5.69 Å². The molecule has 1 aliphatic rings. The van der Waals surface area contributed by atoms with Crippen LogP contribution in [0.5, 0.6) is 0 Å². The summed E-state index contributed by atoms with van der Waals surface area (Å²) in [6.07, 6.45) is 3.27. The van der Waals surface area contributed by atoms with Crippen LogP contribution in [0.3, 0.4) is 0 Å². The molecular weight excluding hydrogens is 224 g/mol. The maximum atomic E-state index is 4.49. The molecule has 0 saturated heterocycles. The number of hydrogen-bond donors (Lipinski definition) is 1. The lowest BCUT2D eigenvalue weighted by Crippen LogP contribution is -2.23. The van der Waals surface area contributed by atoms with Crippen LogP contribution in [-0.2, 0) is 0 Å². The van der Waals surface area contributed by atoms with Gasteiger partial charge in [-0.25, -0.2) is 9.50 Å². The fourth-order valence-electron chi connectivity index (χ4n) is 2.57. The molecule has 0 bridgehead atoms. The van der Waals surface area contributed by atoms with Crippen molar-refractivity contribution in [2.24, 2.45) is 5.92 Å². The van der Waals surface area contributed by atoms with Crippen LogP contribution in [0.1, 0.15) is 43.3 Å². The first-order chi connectivity index (χ1) is 8.56. The van der Waals surface area contributed by atoms with Crippen molar-refractivity contribution < 1.29 is 0 Å². The van der Waals surface area contributed by atoms with E-state index in [0.717, 1.165) is 17.3 Å². The highest BCUT2D eigenvalue weighted by atomic mass is 15.3. The Kier molecular flexibility index (Phi) is 2.63. The Morgan fingerprint density at radius 1 is 1.44 bits per heavy atom. The predicted molar refractivity (Wildman–Crippen MR) is 71.6 cm³/mol. The normalized spacial score (nSPS) is 24.4. The second-order valence-corrected chi connectivity index (χ2v) is 5.56. The lowest BCUT2D eigenvalue weighted by molar-refractivity contribution is 0.544. The van der Waals surface area contributed by atoms with E-state index in [2.05, 4.69) is 36.2 Å². The Hall–Kier alpha value is -1.42. The van der Waals surface area contributed by atoms with Crippen molar-refractivity contribution in [3.63, 3.8) is 0 Å². The molecule has 96 valence electrons. The molecule has 3 atom stereocenters. The molecule has 0 aromatic carbocycles. The summed E-state index contributed by atoms with van der Waals surface area (Å²) in [6.45, 7) is 8.61. The third-order valence-corrected chi connectivity index (χ3v) is 3.92. The van der Waals surface area contributed by atoms with Crippen LogP contribution in [0, 0.1) is 19.8 Å². The van der Waals surface area contributed by atoms with Gasteiger partial charge in [0.1, 0.15) is 0 Å². The number of rotatable bonds is 3. The summed E-state index contributed by atoms with van der Waals surface area (Å²) in [5.74, 6) is 0.816. The monoisotopic (exact) mass is 244 g/mol. The predicted octanol–water partition coefficient (Wildman–Crippen LogP) is 2.41. The minimum absolute atomic E-state index is 0.335. The van der Waals surface area contributed by atoms with E-state index in [0.29, 0.717) is 12.1 Å². The van der Waals surface area contributed by atoms with Crippen LogP contribution in [-0.4, -0.2) is 20.6 Å². The molecule has 1 saturated carbocycles. The van der Waals surface area contributed by atoms with Crippen LogP contribution >= 0.6 is 0 Å². The van der Waals surface area contributed by atoms with Crippen molar-refractivity contribution in [3.8, 4) is 0 Å². The smallest absolute Gasteiger partial charge is 0.155 e. The van der Waals surface area contributed by atoms with E-state index >= 15 is 0 Å². The number of nitrogens with zero attached hydrogens (tertiary/aromatic N) is 3. The highest BCUT2D eigenvalue weighted by molar-refractivity contribution is 5.42. The molecule has 18 heavy (non-hydrogen) atoms. The van der Waals surface area contributed by atoms with Crippen LogP contribution in [0.25, 0.3) is 5.65 Å². The molecular formula is C14H20N4. The Morgan fingerprint density at radius 2 is 2.17 bits per heavy atom. The van der Waals surface area contributed by atoms with Crippen LogP contribution < -0.4 is 5.32 Å². The fraction of sp³-hybridized carbons (Fsp3) is 0.571. The van der Waals surface area contributed by atoms with Gasteiger partial charge >= 0.3 is 0 Å². The zero-order valence-corrected chi connectivity index (χ0v) is 11.4. The van der Waals surface area contributed by atoms with Crippen molar-refractivity contribution in [2.45, 2.75) is 46.2 Å². The molecule has 4 nitrogen and oxygen atoms in total. The molecule has 1 N–H and O–H groups in total. The summed E-state index contributed by atoms with van der Waals surface area (Å²) < 4.78 is 1.94. The third-order valence-electron chi connectivity index (χ3n) is 3.92. The molecule has 0 aliphatic heterocycles. The van der Waals surface area contributed by atoms with E-state index in [9.17, 15) is 0 Å². The number of hydrogen-bond acceptors (Lipinski definition) is 3. The summed E-state index contributed by atoms with van der Waals surface area (Å²) in [6, 6.07) is 3.02. The molecule has 1 aliphatic carbocycles. The van der Waals surface area contributed by atoms with E-state index in [-0.39, 0.29) is 0 Å². The third kappa shape index (κ3) is 1.90. The summed E-state index contributed by atoms with van der Waals surface area (Å²) in [7, 11) is 0. The number of aryl methyl sites for hydroxylation is 2. The first-order valence-corrected chi connectivity index (χ1v) is 6.64. The standard InChI is InChI=1S/C14H20N4/c1-8-5-13(8)16-10(3)12-7-15-14-6-9(2)17-18(14)11(12)4/h6-8,10,13,16H,5H2,1-4H3. The average molecular weight is 244 g/mol. The van der Waals surface area contributed by atoms with Gasteiger partial charge in [0.2, 0.25) is 0 Å². The van der Waals surface area contributed by atoms with Crippen molar-refractivity contribution in [2.75, 3.05) is 0 Å². The van der Waals surface area contributed by atoms with E-state index in [1.807, 2.05) is 23.7 Å². The second-order valence-electron chi connectivity index (χ2n) is 5.56. The molecule has 3 rings (SSSR count). The zero-order chi connectivity index (χ0) is 12.9. The number of aromatic nitrogens is 3. The van der Waals surface area contributed by atoms with E-state index in [1.54, 1.807) is 0 Å². The van der Waals surface area contributed by atoms with Crippen molar-refractivity contribution in [1.29, 1.82) is 0 Å². The van der Waals surface area contributed by atoms with Crippen molar-refractivity contribution in [3.05, 3.63) is 29.2 Å². The van der Waals surface area contributed by atoms with Crippen LogP contribution in [0.2, 0.25) is 0 Å². The van der Waals surface area contributed by atoms with Gasteiger partial charge in [-0.3, -0.25) is 0 Å². The topological polar surface area (TPSA) is 42.2 Å². The molecule has 0 radical (unpaired) electrons. The summed E-state index contributed by atoms with van der Waals surface area (Å²) in [4.78, 5) is 4.49. The number of fused-ring (bicyclic) bond motifs is 1. The molecule has 2 heterocycles. The first kappa shape index (κ1) is 11.7. The fourth-order valence-corrected chi connectivity index (χ4v) is 2.57. The van der Waals surface area contributed by atoms with E-state index in [1.165, 1.54) is 17.7 Å². The Morgan fingerprint density at radius 3 is 2.83 bits per heavy atom. The van der Waals surface area contributed by atoms with Gasteiger partial charge in [-0.1, -0.05) is 6.92 Å².